The molecular formula is C13H17NOS. The van der Waals surface area contributed by atoms with Crippen molar-refractivity contribution in [1.82, 2.24) is 4.90 Å². The van der Waals surface area contributed by atoms with E-state index in [0.29, 0.717) is 5.92 Å². The van der Waals surface area contributed by atoms with Crippen molar-refractivity contribution in [2.24, 2.45) is 5.92 Å². The standard InChI is InChI=1S/C13H17NOS/c1-11-4-2-8-14(10-11)13(15)7-6-12-5-3-9-16-12/h3,5-7,9,11H,2,4,8,10H2,1H3/b7-6+. The van der Waals surface area contributed by atoms with Crippen molar-refractivity contribution >= 4 is 23.3 Å². The van der Waals surface area contributed by atoms with Gasteiger partial charge in [-0.2, -0.15) is 0 Å². The lowest BCUT2D eigenvalue weighted by atomic mass is 10.0. The first-order valence-electron chi connectivity index (χ1n) is 5.76. The summed E-state index contributed by atoms with van der Waals surface area (Å²) in [7, 11) is 0. The van der Waals surface area contributed by atoms with E-state index in [1.54, 1.807) is 17.4 Å². The SMILES string of the molecule is CC1CCCN(C(=O)/C=C/c2cccs2)C1. The second-order valence-corrected chi connectivity index (χ2v) is 5.36. The lowest BCUT2D eigenvalue weighted by Gasteiger charge is -2.30. The Morgan fingerprint density at radius 1 is 1.62 bits per heavy atom. The number of carbonyl (C=O) groups excluding carboxylic acids is 1. The van der Waals surface area contributed by atoms with Crippen molar-refractivity contribution in [2.45, 2.75) is 19.8 Å². The molecule has 0 aliphatic carbocycles. The molecule has 86 valence electrons. The summed E-state index contributed by atoms with van der Waals surface area (Å²) in [5.74, 6) is 0.799. The maximum Gasteiger partial charge on any atom is 0.246 e. The summed E-state index contributed by atoms with van der Waals surface area (Å²) >= 11 is 1.65. The number of amides is 1. The predicted molar refractivity (Wildman–Crippen MR) is 68.3 cm³/mol. The zero-order valence-corrected chi connectivity index (χ0v) is 10.4. The second kappa shape index (κ2) is 5.30. The van der Waals surface area contributed by atoms with Crippen LogP contribution < -0.4 is 0 Å². The van der Waals surface area contributed by atoms with E-state index in [1.165, 1.54) is 6.42 Å². The van der Waals surface area contributed by atoms with Gasteiger partial charge < -0.3 is 4.90 Å². The fourth-order valence-electron chi connectivity index (χ4n) is 2.03. The van der Waals surface area contributed by atoms with Crippen LogP contribution in [0.3, 0.4) is 0 Å². The van der Waals surface area contributed by atoms with Crippen LogP contribution in [0.15, 0.2) is 23.6 Å². The topological polar surface area (TPSA) is 20.3 Å². The average Bonchev–Trinajstić information content (AvgIpc) is 2.78. The second-order valence-electron chi connectivity index (χ2n) is 4.38. The van der Waals surface area contributed by atoms with Crippen LogP contribution in [-0.2, 0) is 4.79 Å². The molecule has 1 fully saturated rings. The van der Waals surface area contributed by atoms with Gasteiger partial charge in [-0.25, -0.2) is 0 Å². The quantitative estimate of drug-likeness (QED) is 0.722. The Hall–Kier alpha value is -1.09. The van der Waals surface area contributed by atoms with E-state index in [4.69, 9.17) is 0 Å². The molecular weight excluding hydrogens is 218 g/mol. The largest absolute Gasteiger partial charge is 0.339 e. The van der Waals surface area contributed by atoms with Gasteiger partial charge in [0.05, 0.1) is 0 Å². The molecule has 1 aromatic heterocycles. The van der Waals surface area contributed by atoms with Crippen molar-refractivity contribution in [3.8, 4) is 0 Å². The van der Waals surface area contributed by atoms with Gasteiger partial charge in [-0.15, -0.1) is 11.3 Å². The number of likely N-dealkylation sites (tertiary alicyclic amines) is 1. The smallest absolute Gasteiger partial charge is 0.246 e. The Morgan fingerprint density at radius 2 is 2.50 bits per heavy atom. The number of carbonyl (C=O) groups is 1. The summed E-state index contributed by atoms with van der Waals surface area (Å²) in [5, 5.41) is 2.02. The van der Waals surface area contributed by atoms with E-state index >= 15 is 0 Å². The highest BCUT2D eigenvalue weighted by molar-refractivity contribution is 7.10. The van der Waals surface area contributed by atoms with Crippen molar-refractivity contribution in [2.75, 3.05) is 13.1 Å². The zero-order valence-electron chi connectivity index (χ0n) is 9.56. The molecule has 1 aliphatic rings. The van der Waals surface area contributed by atoms with Crippen molar-refractivity contribution in [1.29, 1.82) is 0 Å². The summed E-state index contributed by atoms with van der Waals surface area (Å²) < 4.78 is 0. The van der Waals surface area contributed by atoms with Gasteiger partial charge in [-0.3, -0.25) is 4.79 Å². The number of rotatable bonds is 2. The number of nitrogens with zero attached hydrogens (tertiary/aromatic N) is 1. The molecule has 2 heterocycles. The molecule has 0 aromatic carbocycles. The minimum atomic E-state index is 0.153. The van der Waals surface area contributed by atoms with Gasteiger partial charge in [0.2, 0.25) is 5.91 Å². The summed E-state index contributed by atoms with van der Waals surface area (Å²) in [4.78, 5) is 15.0. The average molecular weight is 235 g/mol. The lowest BCUT2D eigenvalue weighted by molar-refractivity contribution is -0.127. The van der Waals surface area contributed by atoms with Crippen LogP contribution in [0.5, 0.6) is 0 Å². The molecule has 0 bridgehead atoms. The molecule has 1 amide bonds. The van der Waals surface area contributed by atoms with Crippen LogP contribution in [0.25, 0.3) is 6.08 Å². The number of hydrogen-bond acceptors (Lipinski definition) is 2. The number of thiophene rings is 1. The molecule has 0 radical (unpaired) electrons. The monoisotopic (exact) mass is 235 g/mol. The van der Waals surface area contributed by atoms with E-state index in [2.05, 4.69) is 6.92 Å². The van der Waals surface area contributed by atoms with Gasteiger partial charge in [0.25, 0.3) is 0 Å². The summed E-state index contributed by atoms with van der Waals surface area (Å²) in [5.41, 5.74) is 0. The molecule has 2 nitrogen and oxygen atoms in total. The van der Waals surface area contributed by atoms with Crippen LogP contribution in [0.2, 0.25) is 0 Å². The molecule has 2 rings (SSSR count). The molecule has 0 N–H and O–H groups in total. The highest BCUT2D eigenvalue weighted by Crippen LogP contribution is 2.16. The van der Waals surface area contributed by atoms with Crippen LogP contribution in [0.1, 0.15) is 24.6 Å². The third-order valence-electron chi connectivity index (χ3n) is 2.90. The lowest BCUT2D eigenvalue weighted by Crippen LogP contribution is -2.38. The van der Waals surface area contributed by atoms with E-state index < -0.39 is 0 Å². The number of hydrogen-bond donors (Lipinski definition) is 0. The van der Waals surface area contributed by atoms with E-state index in [9.17, 15) is 4.79 Å². The maximum atomic E-state index is 11.9. The fourth-order valence-corrected chi connectivity index (χ4v) is 2.65. The highest BCUT2D eigenvalue weighted by atomic mass is 32.1. The molecule has 1 aromatic rings. The Balaban J connectivity index is 1.92. The molecule has 1 atom stereocenters. The minimum Gasteiger partial charge on any atom is -0.339 e. The predicted octanol–water partition coefficient (Wildman–Crippen LogP) is 3.02. The molecule has 1 unspecified atom stereocenters. The van der Waals surface area contributed by atoms with Gasteiger partial charge in [-0.1, -0.05) is 13.0 Å². The van der Waals surface area contributed by atoms with E-state index in [1.807, 2.05) is 28.5 Å². The molecule has 1 aliphatic heterocycles. The van der Waals surface area contributed by atoms with Crippen molar-refractivity contribution in [3.63, 3.8) is 0 Å². The van der Waals surface area contributed by atoms with Crippen LogP contribution >= 0.6 is 11.3 Å². The Bertz CT molecular complexity index is 369. The highest BCUT2D eigenvalue weighted by Gasteiger charge is 2.18. The molecule has 1 saturated heterocycles. The van der Waals surface area contributed by atoms with Gasteiger partial charge in [0.15, 0.2) is 0 Å². The first-order valence-corrected chi connectivity index (χ1v) is 6.64. The van der Waals surface area contributed by atoms with Crippen LogP contribution in [0, 0.1) is 5.92 Å². The Morgan fingerprint density at radius 3 is 3.19 bits per heavy atom. The van der Waals surface area contributed by atoms with Gasteiger partial charge in [-0.05, 0) is 36.3 Å². The van der Waals surface area contributed by atoms with Crippen molar-refractivity contribution in [3.05, 3.63) is 28.5 Å². The Labute approximate surface area is 101 Å². The minimum absolute atomic E-state index is 0.153. The summed E-state index contributed by atoms with van der Waals surface area (Å²) in [6.45, 7) is 4.04. The normalized spacial score (nSPS) is 21.6. The fraction of sp³-hybridized carbons (Fsp3) is 0.462. The molecule has 16 heavy (non-hydrogen) atoms. The first kappa shape index (κ1) is 11.4. The van der Waals surface area contributed by atoms with Gasteiger partial charge >= 0.3 is 0 Å². The zero-order chi connectivity index (χ0) is 11.4. The Kier molecular flexibility index (Phi) is 3.78. The third kappa shape index (κ3) is 2.95. The summed E-state index contributed by atoms with van der Waals surface area (Å²) in [6, 6.07) is 4.02. The van der Waals surface area contributed by atoms with Crippen LogP contribution in [0.4, 0.5) is 0 Å². The maximum absolute atomic E-state index is 11.9. The molecule has 0 saturated carbocycles. The summed E-state index contributed by atoms with van der Waals surface area (Å²) in [6.07, 6.45) is 5.99. The first-order chi connectivity index (χ1) is 7.75. The van der Waals surface area contributed by atoms with Crippen molar-refractivity contribution < 1.29 is 4.79 Å². The van der Waals surface area contributed by atoms with E-state index in [0.717, 1.165) is 24.4 Å². The van der Waals surface area contributed by atoms with Gasteiger partial charge in [0, 0.05) is 24.0 Å². The molecule has 0 spiro atoms. The molecule has 3 heteroatoms. The van der Waals surface area contributed by atoms with Crippen LogP contribution in [-0.4, -0.2) is 23.9 Å². The van der Waals surface area contributed by atoms with E-state index in [-0.39, 0.29) is 5.91 Å². The third-order valence-corrected chi connectivity index (χ3v) is 3.74. The van der Waals surface area contributed by atoms with Gasteiger partial charge in [0.1, 0.15) is 0 Å². The number of piperidine rings is 1.